The lowest BCUT2D eigenvalue weighted by atomic mass is 10.2. The standard InChI is InChI=1S/C10H21N3/c1-2-3-4-5-11-6-8-13-9-7-12-10-13/h10-11H,2-9H2,1H3. The first-order valence-electron chi connectivity index (χ1n) is 5.38. The summed E-state index contributed by atoms with van der Waals surface area (Å²) in [5, 5.41) is 3.44. The molecule has 1 rings (SSSR count). The summed E-state index contributed by atoms with van der Waals surface area (Å²) in [6, 6.07) is 0. The zero-order valence-corrected chi connectivity index (χ0v) is 8.63. The lowest BCUT2D eigenvalue weighted by Gasteiger charge is -2.13. The molecule has 0 aromatic rings. The van der Waals surface area contributed by atoms with E-state index < -0.39 is 0 Å². The summed E-state index contributed by atoms with van der Waals surface area (Å²) in [6.07, 6.45) is 5.93. The number of rotatable bonds is 7. The van der Waals surface area contributed by atoms with Crippen molar-refractivity contribution in [1.82, 2.24) is 10.2 Å². The van der Waals surface area contributed by atoms with Crippen LogP contribution in [0.1, 0.15) is 26.2 Å². The Balaban J connectivity index is 1.81. The molecule has 0 saturated heterocycles. The Morgan fingerprint density at radius 1 is 1.38 bits per heavy atom. The van der Waals surface area contributed by atoms with Gasteiger partial charge in [0.05, 0.1) is 12.9 Å². The molecule has 0 aliphatic carbocycles. The summed E-state index contributed by atoms with van der Waals surface area (Å²) >= 11 is 0. The molecule has 0 aromatic carbocycles. The van der Waals surface area contributed by atoms with Crippen molar-refractivity contribution >= 4 is 6.34 Å². The second-order valence-electron chi connectivity index (χ2n) is 3.51. The predicted octanol–water partition coefficient (Wildman–Crippen LogP) is 1.11. The highest BCUT2D eigenvalue weighted by molar-refractivity contribution is 5.56. The molecule has 0 bridgehead atoms. The summed E-state index contributed by atoms with van der Waals surface area (Å²) in [4.78, 5) is 6.44. The first kappa shape index (κ1) is 10.5. The van der Waals surface area contributed by atoms with Gasteiger partial charge in [0.2, 0.25) is 0 Å². The normalized spacial score (nSPS) is 15.6. The third-order valence-corrected chi connectivity index (χ3v) is 2.29. The monoisotopic (exact) mass is 183 g/mol. The minimum Gasteiger partial charge on any atom is -0.360 e. The van der Waals surface area contributed by atoms with E-state index in [1.165, 1.54) is 25.8 Å². The van der Waals surface area contributed by atoms with Crippen LogP contribution in [0.5, 0.6) is 0 Å². The van der Waals surface area contributed by atoms with Gasteiger partial charge in [0, 0.05) is 19.6 Å². The van der Waals surface area contributed by atoms with Crippen molar-refractivity contribution in [1.29, 1.82) is 0 Å². The fraction of sp³-hybridized carbons (Fsp3) is 0.900. The van der Waals surface area contributed by atoms with Crippen LogP contribution in [0.15, 0.2) is 4.99 Å². The van der Waals surface area contributed by atoms with Gasteiger partial charge in [-0.2, -0.15) is 0 Å². The van der Waals surface area contributed by atoms with Crippen molar-refractivity contribution < 1.29 is 0 Å². The molecule has 0 radical (unpaired) electrons. The van der Waals surface area contributed by atoms with Crippen molar-refractivity contribution in [3.63, 3.8) is 0 Å². The van der Waals surface area contributed by atoms with Crippen LogP contribution in [-0.2, 0) is 0 Å². The molecule has 0 aromatic heterocycles. The number of nitrogens with zero attached hydrogens (tertiary/aromatic N) is 2. The molecule has 1 N–H and O–H groups in total. The average molecular weight is 183 g/mol. The maximum Gasteiger partial charge on any atom is 0.0851 e. The fourth-order valence-corrected chi connectivity index (χ4v) is 1.43. The van der Waals surface area contributed by atoms with Gasteiger partial charge in [-0.25, -0.2) is 0 Å². The quantitative estimate of drug-likeness (QED) is 0.599. The topological polar surface area (TPSA) is 27.6 Å². The van der Waals surface area contributed by atoms with Gasteiger partial charge < -0.3 is 10.2 Å². The second kappa shape index (κ2) is 6.89. The number of hydrogen-bond donors (Lipinski definition) is 1. The smallest absolute Gasteiger partial charge is 0.0851 e. The van der Waals surface area contributed by atoms with Crippen LogP contribution in [0.3, 0.4) is 0 Å². The molecule has 0 spiro atoms. The molecule has 0 unspecified atom stereocenters. The van der Waals surface area contributed by atoms with Gasteiger partial charge in [-0.3, -0.25) is 4.99 Å². The van der Waals surface area contributed by atoms with Gasteiger partial charge in [-0.15, -0.1) is 0 Å². The van der Waals surface area contributed by atoms with Gasteiger partial charge in [0.25, 0.3) is 0 Å². The van der Waals surface area contributed by atoms with Crippen LogP contribution in [0.2, 0.25) is 0 Å². The van der Waals surface area contributed by atoms with E-state index in [-0.39, 0.29) is 0 Å². The Kier molecular flexibility index (Phi) is 5.57. The van der Waals surface area contributed by atoms with E-state index in [9.17, 15) is 0 Å². The Bertz CT molecular complexity index is 145. The number of aliphatic imine (C=N–C) groups is 1. The first-order chi connectivity index (χ1) is 6.43. The second-order valence-corrected chi connectivity index (χ2v) is 3.51. The molecule has 13 heavy (non-hydrogen) atoms. The summed E-state index contributed by atoms with van der Waals surface area (Å²) in [7, 11) is 0. The summed E-state index contributed by atoms with van der Waals surface area (Å²) in [6.45, 7) is 7.69. The minimum absolute atomic E-state index is 0.982. The third-order valence-electron chi connectivity index (χ3n) is 2.29. The molecule has 0 amide bonds. The highest BCUT2D eigenvalue weighted by atomic mass is 15.2. The highest BCUT2D eigenvalue weighted by Crippen LogP contribution is 1.92. The Morgan fingerprint density at radius 2 is 2.31 bits per heavy atom. The van der Waals surface area contributed by atoms with E-state index >= 15 is 0 Å². The lowest BCUT2D eigenvalue weighted by molar-refractivity contribution is 0.449. The third kappa shape index (κ3) is 4.88. The van der Waals surface area contributed by atoms with Gasteiger partial charge in [-0.1, -0.05) is 19.8 Å². The average Bonchev–Trinajstić information content (AvgIpc) is 2.63. The lowest BCUT2D eigenvalue weighted by Crippen LogP contribution is -2.30. The van der Waals surface area contributed by atoms with E-state index in [4.69, 9.17) is 0 Å². The van der Waals surface area contributed by atoms with Gasteiger partial charge in [0.15, 0.2) is 0 Å². The van der Waals surface area contributed by atoms with E-state index in [1.54, 1.807) is 0 Å². The number of nitrogens with one attached hydrogen (secondary N) is 1. The van der Waals surface area contributed by atoms with Crippen LogP contribution < -0.4 is 5.32 Å². The van der Waals surface area contributed by atoms with Crippen molar-refractivity contribution in [3.8, 4) is 0 Å². The van der Waals surface area contributed by atoms with Crippen molar-refractivity contribution in [2.24, 2.45) is 4.99 Å². The molecule has 0 atom stereocenters. The maximum absolute atomic E-state index is 4.17. The van der Waals surface area contributed by atoms with Gasteiger partial charge in [-0.05, 0) is 13.0 Å². The molecule has 0 saturated carbocycles. The molecule has 1 aliphatic rings. The van der Waals surface area contributed by atoms with Crippen molar-refractivity contribution in [3.05, 3.63) is 0 Å². The Hall–Kier alpha value is -0.570. The van der Waals surface area contributed by atoms with E-state index in [0.717, 1.165) is 26.2 Å². The molecule has 1 aliphatic heterocycles. The predicted molar refractivity (Wildman–Crippen MR) is 57.3 cm³/mol. The van der Waals surface area contributed by atoms with Gasteiger partial charge >= 0.3 is 0 Å². The van der Waals surface area contributed by atoms with E-state index in [0.29, 0.717) is 0 Å². The van der Waals surface area contributed by atoms with Crippen LogP contribution >= 0.6 is 0 Å². The van der Waals surface area contributed by atoms with Crippen LogP contribution in [0.25, 0.3) is 0 Å². The molecule has 76 valence electrons. The zero-order valence-electron chi connectivity index (χ0n) is 8.63. The molecular formula is C10H21N3. The minimum atomic E-state index is 0.982. The Morgan fingerprint density at radius 3 is 3.00 bits per heavy atom. The molecular weight excluding hydrogens is 162 g/mol. The van der Waals surface area contributed by atoms with E-state index in [1.807, 2.05) is 6.34 Å². The zero-order chi connectivity index (χ0) is 9.36. The molecule has 1 heterocycles. The SMILES string of the molecule is CCCCCNCCN1C=NCC1. The summed E-state index contributed by atoms with van der Waals surface area (Å²) in [5.41, 5.74) is 0. The molecule has 0 fully saturated rings. The van der Waals surface area contributed by atoms with Gasteiger partial charge in [0.1, 0.15) is 0 Å². The van der Waals surface area contributed by atoms with Crippen molar-refractivity contribution in [2.45, 2.75) is 26.2 Å². The number of unbranched alkanes of at least 4 members (excludes halogenated alkanes) is 2. The summed E-state index contributed by atoms with van der Waals surface area (Å²) in [5.74, 6) is 0. The largest absolute Gasteiger partial charge is 0.360 e. The van der Waals surface area contributed by atoms with Crippen molar-refractivity contribution in [2.75, 3.05) is 32.7 Å². The summed E-state index contributed by atoms with van der Waals surface area (Å²) < 4.78 is 0. The molecule has 3 heteroatoms. The fourth-order valence-electron chi connectivity index (χ4n) is 1.43. The van der Waals surface area contributed by atoms with Crippen LogP contribution in [0, 0.1) is 0 Å². The van der Waals surface area contributed by atoms with Crippen LogP contribution in [0.4, 0.5) is 0 Å². The van der Waals surface area contributed by atoms with E-state index in [2.05, 4.69) is 22.1 Å². The number of hydrogen-bond acceptors (Lipinski definition) is 3. The highest BCUT2D eigenvalue weighted by Gasteiger charge is 2.02. The first-order valence-corrected chi connectivity index (χ1v) is 5.38. The maximum atomic E-state index is 4.17. The van der Waals surface area contributed by atoms with Crippen LogP contribution in [-0.4, -0.2) is 44.0 Å². The Labute approximate surface area is 81.2 Å². The molecule has 3 nitrogen and oxygen atoms in total.